The molecular weight excluding hydrogens is 204 g/mol. The van der Waals surface area contributed by atoms with E-state index in [0.717, 1.165) is 0 Å². The number of nitrogens with zero attached hydrogens (tertiary/aromatic N) is 2. The first-order valence-corrected chi connectivity index (χ1v) is 5.21. The fourth-order valence-corrected chi connectivity index (χ4v) is 1.66. The maximum Gasteiger partial charge on any atom is 0.306 e. The first-order valence-electron chi connectivity index (χ1n) is 4.16. The van der Waals surface area contributed by atoms with Gasteiger partial charge in [-0.15, -0.1) is 11.8 Å². The largest absolute Gasteiger partial charge is 0.469 e. The van der Waals surface area contributed by atoms with Crippen LogP contribution in [0.5, 0.6) is 0 Å². The highest BCUT2D eigenvalue weighted by molar-refractivity contribution is 7.99. The van der Waals surface area contributed by atoms with Crippen molar-refractivity contribution in [3.05, 3.63) is 12.2 Å². The van der Waals surface area contributed by atoms with Gasteiger partial charge in [-0.1, -0.05) is 12.1 Å². The molecule has 1 aromatic rings. The Morgan fingerprint density at radius 1 is 1.79 bits per heavy atom. The van der Waals surface area contributed by atoms with Crippen molar-refractivity contribution in [1.29, 1.82) is 0 Å². The minimum atomic E-state index is -0.199. The zero-order chi connectivity index (χ0) is 10.4. The summed E-state index contributed by atoms with van der Waals surface area (Å²) in [6.45, 7) is 1.96. The molecule has 78 valence electrons. The van der Waals surface area contributed by atoms with Gasteiger partial charge in [0.1, 0.15) is 0 Å². The van der Waals surface area contributed by atoms with Crippen LogP contribution >= 0.6 is 11.8 Å². The Kier molecular flexibility index (Phi) is 4.45. The third-order valence-corrected chi connectivity index (χ3v) is 2.73. The predicted octanol–water partition coefficient (Wildman–Crippen LogP) is 1.25. The van der Waals surface area contributed by atoms with E-state index in [4.69, 9.17) is 4.52 Å². The van der Waals surface area contributed by atoms with Gasteiger partial charge in [0.05, 0.1) is 19.3 Å². The normalized spacial score (nSPS) is 12.4. The molecule has 1 atom stereocenters. The lowest BCUT2D eigenvalue weighted by Gasteiger charge is -2.07. The number of carbonyl (C=O) groups is 1. The first kappa shape index (κ1) is 11.0. The summed E-state index contributed by atoms with van der Waals surface area (Å²) in [5.74, 6) is 1.00. The molecule has 6 heteroatoms. The van der Waals surface area contributed by atoms with E-state index >= 15 is 0 Å². The average molecular weight is 216 g/mol. The standard InChI is InChI=1S/C8H12N2O3S/c1-6(3-8(11)12-2)14-4-7-9-5-10-13-7/h5-6H,3-4H2,1-2H3. The minimum Gasteiger partial charge on any atom is -0.469 e. The number of hydrogen-bond donors (Lipinski definition) is 0. The highest BCUT2D eigenvalue weighted by Gasteiger charge is 2.10. The van der Waals surface area contributed by atoms with Gasteiger partial charge in [-0.3, -0.25) is 4.79 Å². The summed E-state index contributed by atoms with van der Waals surface area (Å²) in [6.07, 6.45) is 1.76. The molecule has 0 N–H and O–H groups in total. The van der Waals surface area contributed by atoms with E-state index in [1.54, 1.807) is 11.8 Å². The van der Waals surface area contributed by atoms with Gasteiger partial charge in [-0.2, -0.15) is 4.98 Å². The van der Waals surface area contributed by atoms with Crippen molar-refractivity contribution in [3.63, 3.8) is 0 Å². The lowest BCUT2D eigenvalue weighted by molar-refractivity contribution is -0.140. The highest BCUT2D eigenvalue weighted by atomic mass is 32.2. The predicted molar refractivity (Wildman–Crippen MR) is 51.7 cm³/mol. The zero-order valence-electron chi connectivity index (χ0n) is 8.10. The fraction of sp³-hybridized carbons (Fsp3) is 0.625. The second-order valence-electron chi connectivity index (χ2n) is 2.74. The Bertz CT molecular complexity index is 276. The van der Waals surface area contributed by atoms with Crippen LogP contribution in [0.4, 0.5) is 0 Å². The molecule has 0 aliphatic heterocycles. The molecule has 1 unspecified atom stereocenters. The maximum atomic E-state index is 10.9. The number of rotatable bonds is 5. The van der Waals surface area contributed by atoms with Crippen LogP contribution in [-0.2, 0) is 15.3 Å². The molecule has 0 amide bonds. The van der Waals surface area contributed by atoms with Crippen LogP contribution < -0.4 is 0 Å². The van der Waals surface area contributed by atoms with Crippen molar-refractivity contribution in [2.75, 3.05) is 7.11 Å². The Labute approximate surface area is 86.2 Å². The van der Waals surface area contributed by atoms with E-state index in [9.17, 15) is 4.79 Å². The summed E-state index contributed by atoms with van der Waals surface area (Å²) < 4.78 is 9.37. The number of esters is 1. The number of methoxy groups -OCH3 is 1. The Morgan fingerprint density at radius 2 is 2.57 bits per heavy atom. The molecule has 0 radical (unpaired) electrons. The number of hydrogen-bond acceptors (Lipinski definition) is 6. The molecule has 0 fully saturated rings. The van der Waals surface area contributed by atoms with Crippen molar-refractivity contribution >= 4 is 17.7 Å². The summed E-state index contributed by atoms with van der Waals surface area (Å²) >= 11 is 1.58. The molecule has 5 nitrogen and oxygen atoms in total. The molecular formula is C8H12N2O3S. The molecule has 0 aliphatic carbocycles. The molecule has 0 bridgehead atoms. The molecule has 1 aromatic heterocycles. The minimum absolute atomic E-state index is 0.189. The highest BCUT2D eigenvalue weighted by Crippen LogP contribution is 2.18. The zero-order valence-corrected chi connectivity index (χ0v) is 8.91. The molecule has 0 aromatic carbocycles. The van der Waals surface area contributed by atoms with Crippen molar-refractivity contribution in [3.8, 4) is 0 Å². The lowest BCUT2D eigenvalue weighted by Crippen LogP contribution is -2.08. The van der Waals surface area contributed by atoms with E-state index in [0.29, 0.717) is 18.1 Å². The quantitative estimate of drug-likeness (QED) is 0.690. The average Bonchev–Trinajstić information content (AvgIpc) is 2.67. The third-order valence-electron chi connectivity index (χ3n) is 1.58. The van der Waals surface area contributed by atoms with Crippen molar-refractivity contribution in [2.24, 2.45) is 0 Å². The summed E-state index contributed by atoms with van der Waals surface area (Å²) in [6, 6.07) is 0. The van der Waals surface area contributed by atoms with Crippen LogP contribution in [0, 0.1) is 0 Å². The Balaban J connectivity index is 2.21. The van der Waals surface area contributed by atoms with Crippen molar-refractivity contribution < 1.29 is 14.1 Å². The Morgan fingerprint density at radius 3 is 3.14 bits per heavy atom. The molecule has 0 aliphatic rings. The molecule has 0 spiro atoms. The van der Waals surface area contributed by atoms with Crippen LogP contribution in [0.15, 0.2) is 10.9 Å². The number of thioether (sulfide) groups is 1. The van der Waals surface area contributed by atoms with E-state index in [1.807, 2.05) is 6.92 Å². The number of carbonyl (C=O) groups excluding carboxylic acids is 1. The second kappa shape index (κ2) is 5.64. The van der Waals surface area contributed by atoms with Gasteiger partial charge in [-0.05, 0) is 0 Å². The summed E-state index contributed by atoms with van der Waals surface area (Å²) in [5.41, 5.74) is 0. The second-order valence-corrected chi connectivity index (χ2v) is 4.16. The first-order chi connectivity index (χ1) is 6.72. The van der Waals surface area contributed by atoms with E-state index < -0.39 is 0 Å². The van der Waals surface area contributed by atoms with Gasteiger partial charge >= 0.3 is 5.97 Å². The van der Waals surface area contributed by atoms with Gasteiger partial charge in [0.15, 0.2) is 6.33 Å². The van der Waals surface area contributed by atoms with Crippen molar-refractivity contribution in [1.82, 2.24) is 10.1 Å². The van der Waals surface area contributed by atoms with E-state index in [1.165, 1.54) is 13.4 Å². The van der Waals surface area contributed by atoms with Crippen LogP contribution in [0.1, 0.15) is 19.2 Å². The van der Waals surface area contributed by atoms with Gasteiger partial charge in [0.2, 0.25) is 5.89 Å². The van der Waals surface area contributed by atoms with Crippen LogP contribution in [-0.4, -0.2) is 28.5 Å². The molecule has 0 saturated heterocycles. The SMILES string of the molecule is COC(=O)CC(C)SCc1ncno1. The van der Waals surface area contributed by atoms with Gasteiger partial charge < -0.3 is 9.26 Å². The van der Waals surface area contributed by atoms with Crippen LogP contribution in [0.2, 0.25) is 0 Å². The van der Waals surface area contributed by atoms with Gasteiger partial charge in [0.25, 0.3) is 0 Å². The molecule has 1 rings (SSSR count). The van der Waals surface area contributed by atoms with E-state index in [-0.39, 0.29) is 11.2 Å². The van der Waals surface area contributed by atoms with Gasteiger partial charge in [-0.25, -0.2) is 0 Å². The Hall–Kier alpha value is -1.04. The lowest BCUT2D eigenvalue weighted by atomic mass is 10.3. The molecule has 0 saturated carbocycles. The van der Waals surface area contributed by atoms with Gasteiger partial charge in [0, 0.05) is 5.25 Å². The topological polar surface area (TPSA) is 65.2 Å². The number of aromatic nitrogens is 2. The summed E-state index contributed by atoms with van der Waals surface area (Å²) in [4.78, 5) is 14.8. The summed E-state index contributed by atoms with van der Waals surface area (Å²) in [7, 11) is 1.39. The monoisotopic (exact) mass is 216 g/mol. The summed E-state index contributed by atoms with van der Waals surface area (Å²) in [5, 5.41) is 3.68. The maximum absolute atomic E-state index is 10.9. The number of ether oxygens (including phenoxy) is 1. The van der Waals surface area contributed by atoms with Crippen LogP contribution in [0.25, 0.3) is 0 Å². The molecule has 1 heterocycles. The van der Waals surface area contributed by atoms with E-state index in [2.05, 4.69) is 14.9 Å². The van der Waals surface area contributed by atoms with Crippen molar-refractivity contribution in [2.45, 2.75) is 24.3 Å². The third kappa shape index (κ3) is 3.78. The molecule has 14 heavy (non-hydrogen) atoms. The fourth-order valence-electron chi connectivity index (χ4n) is 0.850. The smallest absolute Gasteiger partial charge is 0.306 e. The van der Waals surface area contributed by atoms with Crippen LogP contribution in [0.3, 0.4) is 0 Å².